The average Bonchev–Trinajstić information content (AvgIpc) is 3.88. The number of benzene rings is 2. The van der Waals surface area contributed by atoms with E-state index in [-0.39, 0.29) is 48.8 Å². The summed E-state index contributed by atoms with van der Waals surface area (Å²) in [4.78, 5) is 31.3. The van der Waals surface area contributed by atoms with Gasteiger partial charge in [0.05, 0.1) is 19.4 Å². The lowest BCUT2D eigenvalue weighted by atomic mass is 9.97. The highest BCUT2D eigenvalue weighted by atomic mass is 35.5. The molecule has 1 atom stereocenters. The summed E-state index contributed by atoms with van der Waals surface area (Å²) < 4.78 is 32.5. The number of carbonyl (C=O) groups excluding carboxylic acids is 2. The fraction of sp³-hybridized carbons (Fsp3) is 0.611. The molecule has 2 aromatic rings. The Bertz CT molecular complexity index is 1340. The molecule has 1 N–H and O–H groups in total. The smallest absolute Gasteiger partial charge is 0.227 e. The molecule has 0 bridgehead atoms. The van der Waals surface area contributed by atoms with E-state index >= 15 is 4.39 Å². The van der Waals surface area contributed by atoms with Gasteiger partial charge in [0.15, 0.2) is 0 Å². The number of hydrogen-bond donors (Lipinski definition) is 1. The zero-order valence-corrected chi connectivity index (χ0v) is 28.3. The van der Waals surface area contributed by atoms with Crippen molar-refractivity contribution >= 4 is 23.4 Å². The van der Waals surface area contributed by atoms with Gasteiger partial charge in [-0.2, -0.15) is 0 Å². The van der Waals surface area contributed by atoms with Gasteiger partial charge in [-0.3, -0.25) is 9.59 Å². The Morgan fingerprint density at radius 3 is 2.41 bits per heavy atom. The minimum Gasteiger partial charge on any atom is -0.493 e. The van der Waals surface area contributed by atoms with E-state index in [0.29, 0.717) is 60.3 Å². The Balaban J connectivity index is 1.41. The second kappa shape index (κ2) is 16.4. The largest absolute Gasteiger partial charge is 0.493 e. The third kappa shape index (κ3) is 8.79. The van der Waals surface area contributed by atoms with Crippen LogP contribution in [0.5, 0.6) is 5.75 Å². The van der Waals surface area contributed by atoms with Crippen molar-refractivity contribution in [2.24, 2.45) is 0 Å². The second-order valence-electron chi connectivity index (χ2n) is 13.1. The van der Waals surface area contributed by atoms with Crippen LogP contribution in [0.4, 0.5) is 4.39 Å². The molecule has 0 unspecified atom stereocenters. The lowest BCUT2D eigenvalue weighted by molar-refractivity contribution is -0.136. The summed E-state index contributed by atoms with van der Waals surface area (Å²) in [6.07, 6.45) is 6.69. The van der Waals surface area contributed by atoms with E-state index in [0.717, 1.165) is 57.2 Å². The SMILES string of the molecule is COCCCOc1cc(CC(=O)N(C(C)C)[C@@H]2CCCNC2)c(Cl)cc1-c1cc(CC(=O)N(C2CCOCC2)C2CC2)ccc1F. The summed E-state index contributed by atoms with van der Waals surface area (Å²) in [6.45, 7) is 8.03. The number of methoxy groups -OCH3 is 1. The van der Waals surface area contributed by atoms with E-state index in [1.54, 1.807) is 31.4 Å². The summed E-state index contributed by atoms with van der Waals surface area (Å²) in [6, 6.07) is 8.95. The number of piperidine rings is 1. The fourth-order valence-electron chi connectivity index (χ4n) is 6.86. The van der Waals surface area contributed by atoms with Crippen LogP contribution in [-0.2, 0) is 31.9 Å². The molecule has 3 fully saturated rings. The lowest BCUT2D eigenvalue weighted by Gasteiger charge is -2.37. The van der Waals surface area contributed by atoms with Crippen molar-refractivity contribution in [3.8, 4) is 16.9 Å². The van der Waals surface area contributed by atoms with Gasteiger partial charge >= 0.3 is 0 Å². The zero-order chi connectivity index (χ0) is 32.6. The van der Waals surface area contributed by atoms with Gasteiger partial charge < -0.3 is 29.3 Å². The fourth-order valence-corrected chi connectivity index (χ4v) is 7.09. The number of rotatable bonds is 14. The molecular weight excluding hydrogens is 609 g/mol. The van der Waals surface area contributed by atoms with Crippen LogP contribution in [0.3, 0.4) is 0 Å². The van der Waals surface area contributed by atoms with Crippen LogP contribution in [-0.4, -0.2) is 92.4 Å². The first-order valence-corrected chi connectivity index (χ1v) is 17.3. The number of nitrogens with one attached hydrogen (secondary N) is 1. The molecule has 5 rings (SSSR count). The predicted molar refractivity (Wildman–Crippen MR) is 178 cm³/mol. The predicted octanol–water partition coefficient (Wildman–Crippen LogP) is 5.81. The van der Waals surface area contributed by atoms with Crippen LogP contribution in [0.2, 0.25) is 5.02 Å². The summed E-state index contributed by atoms with van der Waals surface area (Å²) in [7, 11) is 1.63. The summed E-state index contributed by atoms with van der Waals surface area (Å²) >= 11 is 6.84. The molecule has 1 saturated carbocycles. The molecule has 2 saturated heterocycles. The van der Waals surface area contributed by atoms with E-state index < -0.39 is 5.82 Å². The molecular formula is C36H49ClFN3O5. The van der Waals surface area contributed by atoms with E-state index in [1.165, 1.54) is 6.07 Å². The highest BCUT2D eigenvalue weighted by Crippen LogP contribution is 2.38. The maximum Gasteiger partial charge on any atom is 0.227 e. The van der Waals surface area contributed by atoms with Gasteiger partial charge in [0.1, 0.15) is 11.6 Å². The number of ether oxygens (including phenoxy) is 3. The van der Waals surface area contributed by atoms with E-state index in [2.05, 4.69) is 10.2 Å². The molecule has 0 spiro atoms. The van der Waals surface area contributed by atoms with Crippen molar-refractivity contribution in [2.45, 2.75) is 95.8 Å². The van der Waals surface area contributed by atoms with Gasteiger partial charge in [-0.05, 0) is 94.3 Å². The third-order valence-electron chi connectivity index (χ3n) is 9.24. The van der Waals surface area contributed by atoms with Gasteiger partial charge in [0, 0.05) is 80.2 Å². The molecule has 2 heterocycles. The van der Waals surface area contributed by atoms with Crippen LogP contribution in [0.25, 0.3) is 11.1 Å². The second-order valence-corrected chi connectivity index (χ2v) is 13.5. The Morgan fingerprint density at radius 2 is 1.74 bits per heavy atom. The molecule has 46 heavy (non-hydrogen) atoms. The molecule has 3 aliphatic rings. The topological polar surface area (TPSA) is 80.3 Å². The summed E-state index contributed by atoms with van der Waals surface area (Å²) in [5, 5.41) is 3.78. The lowest BCUT2D eigenvalue weighted by Crippen LogP contribution is -2.52. The first kappa shape index (κ1) is 34.6. The number of hydrogen-bond acceptors (Lipinski definition) is 6. The molecule has 1 aliphatic carbocycles. The van der Waals surface area contributed by atoms with Gasteiger partial charge in [-0.1, -0.05) is 17.7 Å². The highest BCUT2D eigenvalue weighted by molar-refractivity contribution is 6.32. The number of amides is 2. The van der Waals surface area contributed by atoms with E-state index in [9.17, 15) is 9.59 Å². The monoisotopic (exact) mass is 657 g/mol. The minimum atomic E-state index is -0.433. The zero-order valence-electron chi connectivity index (χ0n) is 27.5. The maximum atomic E-state index is 15.6. The Morgan fingerprint density at radius 1 is 0.978 bits per heavy atom. The Kier molecular flexibility index (Phi) is 12.3. The van der Waals surface area contributed by atoms with Crippen molar-refractivity contribution in [3.05, 3.63) is 52.3 Å². The highest BCUT2D eigenvalue weighted by Gasteiger charge is 2.38. The van der Waals surface area contributed by atoms with E-state index in [1.807, 2.05) is 18.7 Å². The van der Waals surface area contributed by atoms with Crippen LogP contribution >= 0.6 is 11.6 Å². The molecule has 0 radical (unpaired) electrons. The molecule has 8 nitrogen and oxygen atoms in total. The van der Waals surface area contributed by atoms with Crippen LogP contribution in [0.15, 0.2) is 30.3 Å². The van der Waals surface area contributed by atoms with Crippen LogP contribution in [0, 0.1) is 5.82 Å². The van der Waals surface area contributed by atoms with Gasteiger partial charge in [0.2, 0.25) is 11.8 Å². The molecule has 252 valence electrons. The number of nitrogens with zero attached hydrogens (tertiary/aromatic N) is 2. The Hall–Kier alpha value is -2.72. The first-order chi connectivity index (χ1) is 22.3. The first-order valence-electron chi connectivity index (χ1n) is 16.9. The molecule has 0 aromatic heterocycles. The quantitative estimate of drug-likeness (QED) is 0.259. The minimum absolute atomic E-state index is 0.000110. The standard InChI is InChI=1S/C36H49ClFN3O5/c1-24(2)40(29-6-4-13-39-23-29)36(43)21-26-20-34(46-15-5-14-44-3)31(22-32(26)37)30-18-25(7-10-33(30)38)19-35(42)41(27-8-9-27)28-11-16-45-17-12-28/h7,10,18,20,22,24,27-29,39H,4-6,8-9,11-17,19,21,23H2,1-3H3/t29-/m1/s1. The van der Waals surface area contributed by atoms with E-state index in [4.69, 9.17) is 25.8 Å². The molecule has 2 amide bonds. The van der Waals surface area contributed by atoms with Crippen molar-refractivity contribution < 1.29 is 28.2 Å². The maximum absolute atomic E-state index is 15.6. The van der Waals surface area contributed by atoms with Crippen LogP contribution in [0.1, 0.15) is 69.9 Å². The van der Waals surface area contributed by atoms with Gasteiger partial charge in [-0.25, -0.2) is 4.39 Å². The van der Waals surface area contributed by atoms with Crippen molar-refractivity contribution in [1.29, 1.82) is 0 Å². The summed E-state index contributed by atoms with van der Waals surface area (Å²) in [5.41, 5.74) is 2.17. The molecule has 2 aliphatic heterocycles. The summed E-state index contributed by atoms with van der Waals surface area (Å²) in [5.74, 6) is 0.0814. The number of halogens is 2. The van der Waals surface area contributed by atoms with Crippen molar-refractivity contribution in [3.63, 3.8) is 0 Å². The van der Waals surface area contributed by atoms with Crippen LogP contribution < -0.4 is 10.1 Å². The third-order valence-corrected chi connectivity index (χ3v) is 9.59. The van der Waals surface area contributed by atoms with Crippen molar-refractivity contribution in [2.75, 3.05) is 46.6 Å². The van der Waals surface area contributed by atoms with Gasteiger partial charge in [0.25, 0.3) is 0 Å². The Labute approximate surface area is 277 Å². The average molecular weight is 658 g/mol. The number of carbonyl (C=O) groups is 2. The van der Waals surface area contributed by atoms with Crippen molar-refractivity contribution in [1.82, 2.24) is 15.1 Å². The normalized spacial score (nSPS) is 18.9. The molecule has 2 aromatic carbocycles. The molecule has 10 heteroatoms. The van der Waals surface area contributed by atoms with Gasteiger partial charge in [-0.15, -0.1) is 0 Å².